The fourth-order valence-corrected chi connectivity index (χ4v) is 1.82. The number of nitrogens with two attached hydrogens (primary N) is 1. The topological polar surface area (TPSA) is 76.1 Å². The van der Waals surface area contributed by atoms with E-state index in [0.29, 0.717) is 16.8 Å². The van der Waals surface area contributed by atoms with Gasteiger partial charge < -0.3 is 10.5 Å². The standard InChI is InChI=1S/C17H14N2O2/c1-21-17(20)14-7-4-12(5-8-14)2-3-13-6-9-16(19)15(10-13)11-18/h2-10H,19H2,1H3/b3-2+. The van der Waals surface area contributed by atoms with Crippen molar-refractivity contribution in [3.8, 4) is 6.07 Å². The van der Waals surface area contributed by atoms with E-state index in [1.165, 1.54) is 7.11 Å². The highest BCUT2D eigenvalue weighted by atomic mass is 16.5. The van der Waals surface area contributed by atoms with E-state index in [9.17, 15) is 4.79 Å². The first-order valence-corrected chi connectivity index (χ1v) is 6.30. The summed E-state index contributed by atoms with van der Waals surface area (Å²) in [7, 11) is 1.35. The van der Waals surface area contributed by atoms with Crippen LogP contribution in [0.1, 0.15) is 27.0 Å². The molecule has 0 aliphatic rings. The Balaban J connectivity index is 2.18. The number of hydrogen-bond acceptors (Lipinski definition) is 4. The normalized spacial score (nSPS) is 10.3. The van der Waals surface area contributed by atoms with Gasteiger partial charge in [-0.05, 0) is 35.4 Å². The Bertz CT molecular complexity index is 725. The van der Waals surface area contributed by atoms with E-state index in [1.54, 1.807) is 24.3 Å². The van der Waals surface area contributed by atoms with Crippen molar-refractivity contribution in [1.29, 1.82) is 5.26 Å². The number of nitrogens with zero attached hydrogens (tertiary/aromatic N) is 1. The monoisotopic (exact) mass is 278 g/mol. The van der Waals surface area contributed by atoms with Crippen molar-refractivity contribution in [2.45, 2.75) is 0 Å². The summed E-state index contributed by atoms with van der Waals surface area (Å²) in [6.07, 6.45) is 3.78. The van der Waals surface area contributed by atoms with Crippen molar-refractivity contribution in [1.82, 2.24) is 0 Å². The number of benzene rings is 2. The second kappa shape index (κ2) is 6.40. The largest absolute Gasteiger partial charge is 0.465 e. The zero-order valence-corrected chi connectivity index (χ0v) is 11.5. The Hall–Kier alpha value is -3.06. The molecule has 0 aliphatic carbocycles. The summed E-state index contributed by atoms with van der Waals surface area (Å²) in [5, 5.41) is 8.94. The van der Waals surface area contributed by atoms with Crippen LogP contribution in [0, 0.1) is 11.3 Å². The number of nitriles is 1. The molecule has 0 unspecified atom stereocenters. The number of methoxy groups -OCH3 is 1. The van der Waals surface area contributed by atoms with Crippen molar-refractivity contribution in [2.75, 3.05) is 12.8 Å². The summed E-state index contributed by atoms with van der Waals surface area (Å²) in [5.74, 6) is -0.359. The molecule has 0 aromatic heterocycles. The lowest BCUT2D eigenvalue weighted by molar-refractivity contribution is 0.0601. The molecule has 2 aromatic carbocycles. The third kappa shape index (κ3) is 3.48. The summed E-state index contributed by atoms with van der Waals surface area (Å²) in [4.78, 5) is 11.3. The number of ether oxygens (including phenoxy) is 1. The minimum absolute atomic E-state index is 0.359. The predicted molar refractivity (Wildman–Crippen MR) is 82.3 cm³/mol. The van der Waals surface area contributed by atoms with Crippen molar-refractivity contribution in [3.63, 3.8) is 0 Å². The average Bonchev–Trinajstić information content (AvgIpc) is 2.53. The van der Waals surface area contributed by atoms with Crippen LogP contribution >= 0.6 is 0 Å². The lowest BCUT2D eigenvalue weighted by atomic mass is 10.1. The summed E-state index contributed by atoms with van der Waals surface area (Å²) >= 11 is 0. The molecular weight excluding hydrogens is 264 g/mol. The maximum absolute atomic E-state index is 11.3. The zero-order valence-electron chi connectivity index (χ0n) is 11.5. The fourth-order valence-electron chi connectivity index (χ4n) is 1.82. The number of anilines is 1. The number of hydrogen-bond donors (Lipinski definition) is 1. The minimum Gasteiger partial charge on any atom is -0.465 e. The first-order chi connectivity index (χ1) is 10.1. The second-order valence-electron chi connectivity index (χ2n) is 4.41. The summed E-state index contributed by atoms with van der Waals surface area (Å²) in [5.41, 5.74) is 8.94. The molecule has 0 bridgehead atoms. The van der Waals surface area contributed by atoms with Gasteiger partial charge >= 0.3 is 5.97 Å². The van der Waals surface area contributed by atoms with Crippen LogP contribution in [0.5, 0.6) is 0 Å². The number of rotatable bonds is 3. The van der Waals surface area contributed by atoms with Gasteiger partial charge in [0.05, 0.1) is 18.2 Å². The first kappa shape index (κ1) is 14.4. The quantitative estimate of drug-likeness (QED) is 0.531. The van der Waals surface area contributed by atoms with Crippen LogP contribution in [0.2, 0.25) is 0 Å². The molecular formula is C17H14N2O2. The number of nitrogen functional groups attached to an aromatic ring is 1. The van der Waals surface area contributed by atoms with Gasteiger partial charge in [0, 0.05) is 5.69 Å². The van der Waals surface area contributed by atoms with E-state index in [4.69, 9.17) is 11.0 Å². The molecule has 0 heterocycles. The van der Waals surface area contributed by atoms with Crippen LogP contribution in [0.25, 0.3) is 12.2 Å². The van der Waals surface area contributed by atoms with E-state index in [-0.39, 0.29) is 5.97 Å². The Morgan fingerprint density at radius 3 is 2.38 bits per heavy atom. The minimum atomic E-state index is -0.359. The highest BCUT2D eigenvalue weighted by Gasteiger charge is 2.03. The first-order valence-electron chi connectivity index (χ1n) is 6.30. The molecule has 0 aliphatic heterocycles. The van der Waals surface area contributed by atoms with Crippen LogP contribution in [0.3, 0.4) is 0 Å². The highest BCUT2D eigenvalue weighted by molar-refractivity contribution is 5.89. The van der Waals surface area contributed by atoms with Crippen molar-refractivity contribution >= 4 is 23.8 Å². The SMILES string of the molecule is COC(=O)c1ccc(/C=C/c2ccc(N)c(C#N)c2)cc1. The molecule has 4 heteroatoms. The van der Waals surface area contributed by atoms with E-state index < -0.39 is 0 Å². The smallest absolute Gasteiger partial charge is 0.337 e. The highest BCUT2D eigenvalue weighted by Crippen LogP contribution is 2.16. The van der Waals surface area contributed by atoms with Gasteiger partial charge in [-0.15, -0.1) is 0 Å². The maximum atomic E-state index is 11.3. The summed E-state index contributed by atoms with van der Waals surface area (Å²) in [6.45, 7) is 0. The van der Waals surface area contributed by atoms with E-state index in [1.807, 2.05) is 36.4 Å². The van der Waals surface area contributed by atoms with Gasteiger partial charge in [-0.1, -0.05) is 30.4 Å². The molecule has 104 valence electrons. The molecule has 0 atom stereocenters. The van der Waals surface area contributed by atoms with Crippen molar-refractivity contribution in [3.05, 3.63) is 64.7 Å². The Kier molecular flexibility index (Phi) is 4.37. The van der Waals surface area contributed by atoms with Gasteiger partial charge in [0.25, 0.3) is 0 Å². The van der Waals surface area contributed by atoms with E-state index in [2.05, 4.69) is 4.74 Å². The number of carbonyl (C=O) groups excluding carboxylic acids is 1. The van der Waals surface area contributed by atoms with Crippen LogP contribution in [0.4, 0.5) is 5.69 Å². The summed E-state index contributed by atoms with van der Waals surface area (Å²) < 4.78 is 4.64. The molecule has 0 saturated heterocycles. The Morgan fingerprint density at radius 1 is 1.14 bits per heavy atom. The molecule has 2 rings (SSSR count). The molecule has 0 saturated carbocycles. The van der Waals surface area contributed by atoms with Crippen LogP contribution in [-0.4, -0.2) is 13.1 Å². The Morgan fingerprint density at radius 2 is 1.76 bits per heavy atom. The van der Waals surface area contributed by atoms with Gasteiger partial charge in [0.1, 0.15) is 6.07 Å². The van der Waals surface area contributed by atoms with Gasteiger partial charge in [0.15, 0.2) is 0 Å². The lowest BCUT2D eigenvalue weighted by Gasteiger charge is -2.00. The zero-order chi connectivity index (χ0) is 15.2. The van der Waals surface area contributed by atoms with E-state index >= 15 is 0 Å². The van der Waals surface area contributed by atoms with Crippen LogP contribution < -0.4 is 5.73 Å². The van der Waals surface area contributed by atoms with Gasteiger partial charge in [-0.3, -0.25) is 0 Å². The molecule has 0 radical (unpaired) electrons. The average molecular weight is 278 g/mol. The number of carbonyl (C=O) groups is 1. The van der Waals surface area contributed by atoms with Gasteiger partial charge in [0.2, 0.25) is 0 Å². The van der Waals surface area contributed by atoms with Gasteiger partial charge in [-0.25, -0.2) is 4.79 Å². The second-order valence-corrected chi connectivity index (χ2v) is 4.41. The molecule has 0 spiro atoms. The van der Waals surface area contributed by atoms with Gasteiger partial charge in [-0.2, -0.15) is 5.26 Å². The van der Waals surface area contributed by atoms with Crippen LogP contribution in [0.15, 0.2) is 42.5 Å². The maximum Gasteiger partial charge on any atom is 0.337 e. The molecule has 21 heavy (non-hydrogen) atoms. The molecule has 2 N–H and O–H groups in total. The Labute approximate surface area is 123 Å². The lowest BCUT2D eigenvalue weighted by Crippen LogP contribution is -2.00. The van der Waals surface area contributed by atoms with Crippen LogP contribution in [-0.2, 0) is 4.74 Å². The molecule has 4 nitrogen and oxygen atoms in total. The molecule has 0 amide bonds. The molecule has 0 fully saturated rings. The summed E-state index contributed by atoms with van der Waals surface area (Å²) in [6, 6.07) is 14.4. The van der Waals surface area contributed by atoms with Crippen molar-refractivity contribution < 1.29 is 9.53 Å². The fraction of sp³-hybridized carbons (Fsp3) is 0.0588. The third-order valence-electron chi connectivity index (χ3n) is 3.00. The predicted octanol–water partition coefficient (Wildman–Crippen LogP) is 3.10. The van der Waals surface area contributed by atoms with Crippen molar-refractivity contribution in [2.24, 2.45) is 0 Å². The number of esters is 1. The van der Waals surface area contributed by atoms with E-state index in [0.717, 1.165) is 11.1 Å². The molecule has 2 aromatic rings. The third-order valence-corrected chi connectivity index (χ3v) is 3.00.